The number of aliphatic carboxylic acids is 1. The Labute approximate surface area is 190 Å². The second-order valence-electron chi connectivity index (χ2n) is 9.10. The number of anilines is 3. The first-order chi connectivity index (χ1) is 14.8. The number of benzene rings is 1. The van der Waals surface area contributed by atoms with Crippen molar-refractivity contribution in [1.29, 1.82) is 0 Å². The van der Waals surface area contributed by atoms with Crippen molar-refractivity contribution in [3.63, 3.8) is 0 Å². The summed E-state index contributed by atoms with van der Waals surface area (Å²) in [5.41, 5.74) is 3.13. The van der Waals surface area contributed by atoms with Gasteiger partial charge in [0, 0.05) is 18.8 Å². The maximum atomic E-state index is 11.2. The zero-order valence-corrected chi connectivity index (χ0v) is 19.5. The predicted molar refractivity (Wildman–Crippen MR) is 129 cm³/mol. The highest BCUT2D eigenvalue weighted by atomic mass is 35.5. The van der Waals surface area contributed by atoms with E-state index in [9.17, 15) is 9.90 Å². The molecule has 6 heteroatoms. The monoisotopic (exact) mass is 443 g/mol. The summed E-state index contributed by atoms with van der Waals surface area (Å²) >= 11 is 6.02. The van der Waals surface area contributed by atoms with Crippen LogP contribution in [0, 0.1) is 5.92 Å². The summed E-state index contributed by atoms with van der Waals surface area (Å²) in [5.74, 6) is 0.406. The van der Waals surface area contributed by atoms with E-state index < -0.39 is 5.97 Å². The molecule has 1 heterocycles. The molecule has 2 N–H and O–H groups in total. The number of aromatic nitrogens is 1. The molecule has 1 fully saturated rings. The Morgan fingerprint density at radius 2 is 1.94 bits per heavy atom. The van der Waals surface area contributed by atoms with Crippen LogP contribution >= 0.6 is 11.6 Å². The molecule has 0 aliphatic heterocycles. The van der Waals surface area contributed by atoms with Crippen LogP contribution in [-0.2, 0) is 4.79 Å². The van der Waals surface area contributed by atoms with Crippen molar-refractivity contribution in [3.8, 4) is 0 Å². The first-order valence-corrected chi connectivity index (χ1v) is 11.7. The van der Waals surface area contributed by atoms with E-state index in [-0.39, 0.29) is 12.3 Å². The van der Waals surface area contributed by atoms with Crippen LogP contribution in [0.3, 0.4) is 0 Å². The number of carboxylic acids is 1. The second-order valence-corrected chi connectivity index (χ2v) is 9.54. The predicted octanol–water partition coefficient (Wildman–Crippen LogP) is 6.85. The molecule has 1 aromatic heterocycles. The number of carboxylic acid groups (broad SMARTS) is 1. The van der Waals surface area contributed by atoms with Crippen LogP contribution in [0.1, 0.15) is 70.8 Å². The lowest BCUT2D eigenvalue weighted by Gasteiger charge is -2.38. The van der Waals surface area contributed by atoms with Crippen molar-refractivity contribution < 1.29 is 9.90 Å². The first-order valence-electron chi connectivity index (χ1n) is 11.3. The van der Waals surface area contributed by atoms with Crippen molar-refractivity contribution in [3.05, 3.63) is 47.1 Å². The van der Waals surface area contributed by atoms with E-state index in [1.165, 1.54) is 32.1 Å². The van der Waals surface area contributed by atoms with Crippen molar-refractivity contribution in [2.75, 3.05) is 16.8 Å². The lowest BCUT2D eigenvalue weighted by atomic mass is 9.92. The number of halogens is 1. The summed E-state index contributed by atoms with van der Waals surface area (Å²) in [6.07, 6.45) is 8.02. The number of rotatable bonds is 9. The van der Waals surface area contributed by atoms with Crippen molar-refractivity contribution >= 4 is 34.8 Å². The smallest absolute Gasteiger partial charge is 0.303 e. The van der Waals surface area contributed by atoms with Crippen molar-refractivity contribution in [2.45, 2.75) is 71.3 Å². The van der Waals surface area contributed by atoms with E-state index in [4.69, 9.17) is 11.6 Å². The molecule has 31 heavy (non-hydrogen) atoms. The van der Waals surface area contributed by atoms with E-state index in [1.807, 2.05) is 19.1 Å². The Hall–Kier alpha value is -2.27. The van der Waals surface area contributed by atoms with Crippen molar-refractivity contribution in [1.82, 2.24) is 4.98 Å². The van der Waals surface area contributed by atoms with Gasteiger partial charge in [0.25, 0.3) is 0 Å². The van der Waals surface area contributed by atoms with Crippen LogP contribution in [0.2, 0.25) is 5.02 Å². The molecule has 1 saturated carbocycles. The number of nitrogens with zero attached hydrogens (tertiary/aromatic N) is 2. The average molecular weight is 444 g/mol. The molecule has 1 atom stereocenters. The highest BCUT2D eigenvalue weighted by Gasteiger charge is 2.25. The van der Waals surface area contributed by atoms with Crippen LogP contribution in [-0.4, -0.2) is 28.6 Å². The van der Waals surface area contributed by atoms with Gasteiger partial charge in [-0.3, -0.25) is 4.79 Å². The summed E-state index contributed by atoms with van der Waals surface area (Å²) in [6.45, 7) is 7.46. The van der Waals surface area contributed by atoms with Gasteiger partial charge in [0.1, 0.15) is 5.82 Å². The zero-order chi connectivity index (χ0) is 22.4. The highest BCUT2D eigenvalue weighted by Crippen LogP contribution is 2.37. The molecular formula is C25H34ClN3O2. The molecular weight excluding hydrogens is 410 g/mol. The summed E-state index contributed by atoms with van der Waals surface area (Å²) in [5, 5.41) is 13.3. The van der Waals surface area contributed by atoms with Gasteiger partial charge < -0.3 is 15.3 Å². The fourth-order valence-corrected chi connectivity index (χ4v) is 4.52. The topological polar surface area (TPSA) is 65.5 Å². The van der Waals surface area contributed by atoms with Gasteiger partial charge in [-0.15, -0.1) is 0 Å². The SMILES string of the molecule is CC(C)CN(c1ccc([C@H](C)CC(=O)O)cc1Nc1ccc(Cl)cn1)C1CCCCC1. The van der Waals surface area contributed by atoms with E-state index in [2.05, 4.69) is 47.2 Å². The molecule has 1 aliphatic rings. The van der Waals surface area contributed by atoms with Gasteiger partial charge in [0.05, 0.1) is 22.8 Å². The first kappa shape index (κ1) is 23.4. The Bertz CT molecular complexity index is 864. The molecule has 1 aliphatic carbocycles. The Kier molecular flexibility index (Phi) is 8.19. The van der Waals surface area contributed by atoms with Crippen molar-refractivity contribution in [2.24, 2.45) is 5.92 Å². The van der Waals surface area contributed by atoms with Crippen LogP contribution in [0.4, 0.5) is 17.2 Å². The Balaban J connectivity index is 2.00. The maximum Gasteiger partial charge on any atom is 0.303 e. The molecule has 0 amide bonds. The lowest BCUT2D eigenvalue weighted by Crippen LogP contribution is -2.39. The number of pyridine rings is 1. The van der Waals surface area contributed by atoms with Crippen LogP contribution in [0.25, 0.3) is 0 Å². The average Bonchev–Trinajstić information content (AvgIpc) is 2.74. The lowest BCUT2D eigenvalue weighted by molar-refractivity contribution is -0.137. The fourth-order valence-electron chi connectivity index (χ4n) is 4.41. The summed E-state index contributed by atoms with van der Waals surface area (Å²) in [6, 6.07) is 10.5. The van der Waals surface area contributed by atoms with Gasteiger partial charge in [-0.2, -0.15) is 0 Å². The number of nitrogens with one attached hydrogen (secondary N) is 1. The quantitative estimate of drug-likeness (QED) is 0.443. The number of carbonyl (C=O) groups is 1. The third kappa shape index (κ3) is 6.60. The third-order valence-corrected chi connectivity index (χ3v) is 6.17. The summed E-state index contributed by atoms with van der Waals surface area (Å²) < 4.78 is 0. The van der Waals surface area contributed by atoms with Crippen LogP contribution in [0.5, 0.6) is 0 Å². The van der Waals surface area contributed by atoms with Gasteiger partial charge in [0.2, 0.25) is 0 Å². The minimum absolute atomic E-state index is 0.0708. The molecule has 1 aromatic carbocycles. The molecule has 0 saturated heterocycles. The second kappa shape index (κ2) is 10.9. The largest absolute Gasteiger partial charge is 0.481 e. The zero-order valence-electron chi connectivity index (χ0n) is 18.8. The normalized spacial score (nSPS) is 15.6. The van der Waals surface area contributed by atoms with Gasteiger partial charge in [-0.25, -0.2) is 4.98 Å². The minimum atomic E-state index is -0.783. The minimum Gasteiger partial charge on any atom is -0.481 e. The molecule has 0 bridgehead atoms. The Morgan fingerprint density at radius 1 is 1.19 bits per heavy atom. The van der Waals surface area contributed by atoms with Gasteiger partial charge in [0.15, 0.2) is 0 Å². The molecule has 0 spiro atoms. The van der Waals surface area contributed by atoms with Crippen LogP contribution in [0.15, 0.2) is 36.5 Å². The number of hydrogen-bond acceptors (Lipinski definition) is 4. The van der Waals surface area contributed by atoms with E-state index in [0.29, 0.717) is 17.0 Å². The molecule has 2 aromatic rings. The molecule has 3 rings (SSSR count). The molecule has 0 radical (unpaired) electrons. The summed E-state index contributed by atoms with van der Waals surface area (Å²) in [4.78, 5) is 18.2. The third-order valence-electron chi connectivity index (χ3n) is 5.95. The van der Waals surface area contributed by atoms with Gasteiger partial charge in [-0.05, 0) is 54.5 Å². The number of hydrogen-bond donors (Lipinski definition) is 2. The van der Waals surface area contributed by atoms with Gasteiger partial charge >= 0.3 is 5.97 Å². The molecule has 168 valence electrons. The van der Waals surface area contributed by atoms with Crippen LogP contribution < -0.4 is 10.2 Å². The molecule has 5 nitrogen and oxygen atoms in total. The van der Waals surface area contributed by atoms with E-state index >= 15 is 0 Å². The standard InChI is InChI=1S/C25H34ClN3O2/c1-17(2)16-29(21-7-5-4-6-8-21)23-11-9-19(18(3)13-25(30)31)14-22(23)28-24-12-10-20(26)15-27-24/h9-12,14-15,17-18,21H,4-8,13,16H2,1-3H3,(H,27,28)(H,30,31)/t18-/m1/s1. The maximum absolute atomic E-state index is 11.2. The van der Waals surface area contributed by atoms with Gasteiger partial charge in [-0.1, -0.05) is 57.7 Å². The highest BCUT2D eigenvalue weighted by molar-refractivity contribution is 6.30. The van der Waals surface area contributed by atoms with E-state index in [0.717, 1.165) is 29.3 Å². The van der Waals surface area contributed by atoms with E-state index in [1.54, 1.807) is 6.20 Å². The summed E-state index contributed by atoms with van der Waals surface area (Å²) in [7, 11) is 0. The molecule has 0 unspecified atom stereocenters. The fraction of sp³-hybridized carbons (Fsp3) is 0.520. The Morgan fingerprint density at radius 3 is 2.55 bits per heavy atom.